The summed E-state index contributed by atoms with van der Waals surface area (Å²) in [6.45, 7) is 0.595. The molecule has 1 aromatic carbocycles. The molecule has 2 aromatic rings. The van der Waals surface area contributed by atoms with E-state index in [-0.39, 0.29) is 6.79 Å². The second-order valence-electron chi connectivity index (χ2n) is 3.96. The lowest BCUT2D eigenvalue weighted by molar-refractivity contribution is 0.174. The zero-order valence-electron chi connectivity index (χ0n) is 10.00. The van der Waals surface area contributed by atoms with Crippen LogP contribution in [0.1, 0.15) is 11.1 Å². The zero-order valence-corrected chi connectivity index (χ0v) is 10.00. The van der Waals surface area contributed by atoms with E-state index in [1.807, 2.05) is 18.2 Å². The summed E-state index contributed by atoms with van der Waals surface area (Å²) < 4.78 is 16.1. The summed E-state index contributed by atoms with van der Waals surface area (Å²) in [7, 11) is 0. The molecule has 94 valence electrons. The lowest BCUT2D eigenvalue weighted by Crippen LogP contribution is -1.97. The van der Waals surface area contributed by atoms with Gasteiger partial charge in [-0.05, 0) is 23.8 Å². The monoisotopic (exact) mass is 254 g/mol. The SMILES string of the molecule is N#Cc1ccncc1OCc1ccc2c(c1)OCO2. The van der Waals surface area contributed by atoms with Crippen molar-refractivity contribution in [3.63, 3.8) is 0 Å². The Morgan fingerprint density at radius 1 is 1.26 bits per heavy atom. The zero-order chi connectivity index (χ0) is 13.1. The number of rotatable bonds is 3. The first-order valence-corrected chi connectivity index (χ1v) is 5.72. The van der Waals surface area contributed by atoms with Crippen molar-refractivity contribution in [2.45, 2.75) is 6.61 Å². The lowest BCUT2D eigenvalue weighted by Gasteiger charge is -2.07. The number of nitrogens with zero attached hydrogens (tertiary/aromatic N) is 2. The van der Waals surface area contributed by atoms with E-state index in [1.165, 1.54) is 6.20 Å². The summed E-state index contributed by atoms with van der Waals surface area (Å²) in [6, 6.07) is 9.29. The van der Waals surface area contributed by atoms with E-state index in [4.69, 9.17) is 19.5 Å². The van der Waals surface area contributed by atoms with Gasteiger partial charge in [0, 0.05) is 6.20 Å². The summed E-state index contributed by atoms with van der Waals surface area (Å²) in [5.74, 6) is 1.93. The van der Waals surface area contributed by atoms with Crippen LogP contribution in [-0.2, 0) is 6.61 Å². The van der Waals surface area contributed by atoms with Crippen molar-refractivity contribution in [1.82, 2.24) is 4.98 Å². The number of aromatic nitrogens is 1. The Morgan fingerprint density at radius 2 is 2.16 bits per heavy atom. The number of ether oxygens (including phenoxy) is 3. The molecule has 5 heteroatoms. The highest BCUT2D eigenvalue weighted by Crippen LogP contribution is 2.32. The quantitative estimate of drug-likeness (QED) is 0.840. The Balaban J connectivity index is 1.74. The Bertz CT molecular complexity index is 649. The number of fused-ring (bicyclic) bond motifs is 1. The molecule has 0 bridgehead atoms. The highest BCUT2D eigenvalue weighted by Gasteiger charge is 2.13. The molecule has 3 rings (SSSR count). The third-order valence-electron chi connectivity index (χ3n) is 2.74. The van der Waals surface area contributed by atoms with Crippen LogP contribution in [-0.4, -0.2) is 11.8 Å². The molecule has 0 saturated carbocycles. The normalized spacial score (nSPS) is 11.9. The lowest BCUT2D eigenvalue weighted by atomic mass is 10.2. The number of benzene rings is 1. The highest BCUT2D eigenvalue weighted by atomic mass is 16.7. The van der Waals surface area contributed by atoms with Gasteiger partial charge in [-0.1, -0.05) is 6.07 Å². The van der Waals surface area contributed by atoms with Crippen LogP contribution in [0.4, 0.5) is 0 Å². The number of pyridine rings is 1. The molecule has 2 heterocycles. The van der Waals surface area contributed by atoms with Crippen molar-refractivity contribution in [3.05, 3.63) is 47.8 Å². The van der Waals surface area contributed by atoms with Crippen LogP contribution >= 0.6 is 0 Å². The minimum absolute atomic E-state index is 0.251. The van der Waals surface area contributed by atoms with Gasteiger partial charge >= 0.3 is 0 Å². The van der Waals surface area contributed by atoms with Gasteiger partial charge in [0.25, 0.3) is 0 Å². The maximum atomic E-state index is 8.95. The average molecular weight is 254 g/mol. The third kappa shape index (κ3) is 2.29. The van der Waals surface area contributed by atoms with E-state index >= 15 is 0 Å². The van der Waals surface area contributed by atoms with Crippen molar-refractivity contribution in [1.29, 1.82) is 5.26 Å². The van der Waals surface area contributed by atoms with Gasteiger partial charge in [-0.3, -0.25) is 4.98 Å². The highest BCUT2D eigenvalue weighted by molar-refractivity contribution is 5.45. The smallest absolute Gasteiger partial charge is 0.231 e. The van der Waals surface area contributed by atoms with Crippen molar-refractivity contribution in [3.8, 4) is 23.3 Å². The maximum Gasteiger partial charge on any atom is 0.231 e. The fraction of sp³-hybridized carbons (Fsp3) is 0.143. The summed E-state index contributed by atoms with van der Waals surface area (Å²) >= 11 is 0. The number of hydrogen-bond donors (Lipinski definition) is 0. The van der Waals surface area contributed by atoms with Gasteiger partial charge in [0.1, 0.15) is 12.7 Å². The standard InChI is InChI=1S/C14H10N2O3/c15-6-11-3-4-16-7-14(11)17-8-10-1-2-12-13(5-10)19-9-18-12/h1-5,7H,8-9H2. The Hall–Kier alpha value is -2.74. The first-order chi connectivity index (χ1) is 9.36. The van der Waals surface area contributed by atoms with E-state index in [9.17, 15) is 0 Å². The van der Waals surface area contributed by atoms with Crippen LogP contribution in [0.15, 0.2) is 36.7 Å². The minimum atomic E-state index is 0.251. The van der Waals surface area contributed by atoms with E-state index in [1.54, 1.807) is 12.3 Å². The summed E-state index contributed by atoms with van der Waals surface area (Å²) in [6.07, 6.45) is 3.09. The van der Waals surface area contributed by atoms with E-state index in [2.05, 4.69) is 11.1 Å². The minimum Gasteiger partial charge on any atom is -0.486 e. The molecule has 0 saturated heterocycles. The second-order valence-corrected chi connectivity index (χ2v) is 3.96. The Labute approximate surface area is 110 Å². The molecule has 1 aromatic heterocycles. The average Bonchev–Trinajstić information content (AvgIpc) is 2.93. The van der Waals surface area contributed by atoms with E-state index in [0.717, 1.165) is 11.3 Å². The summed E-state index contributed by atoms with van der Waals surface area (Å²) in [5.41, 5.74) is 1.41. The van der Waals surface area contributed by atoms with Crippen LogP contribution in [0.2, 0.25) is 0 Å². The number of nitriles is 1. The van der Waals surface area contributed by atoms with Gasteiger partial charge in [-0.15, -0.1) is 0 Å². The van der Waals surface area contributed by atoms with Crippen molar-refractivity contribution in [2.75, 3.05) is 6.79 Å². The fourth-order valence-electron chi connectivity index (χ4n) is 1.78. The first-order valence-electron chi connectivity index (χ1n) is 5.72. The molecule has 0 amide bonds. The van der Waals surface area contributed by atoms with Gasteiger partial charge in [0.15, 0.2) is 17.2 Å². The molecule has 0 N–H and O–H groups in total. The van der Waals surface area contributed by atoms with Crippen LogP contribution in [0.5, 0.6) is 17.2 Å². The van der Waals surface area contributed by atoms with Crippen molar-refractivity contribution >= 4 is 0 Å². The number of hydrogen-bond acceptors (Lipinski definition) is 5. The Morgan fingerprint density at radius 3 is 3.05 bits per heavy atom. The van der Waals surface area contributed by atoms with E-state index in [0.29, 0.717) is 23.7 Å². The van der Waals surface area contributed by atoms with Gasteiger partial charge in [-0.25, -0.2) is 0 Å². The predicted molar refractivity (Wildman–Crippen MR) is 65.8 cm³/mol. The van der Waals surface area contributed by atoms with Gasteiger partial charge in [0.2, 0.25) is 6.79 Å². The molecular formula is C14H10N2O3. The molecule has 5 nitrogen and oxygen atoms in total. The fourth-order valence-corrected chi connectivity index (χ4v) is 1.78. The van der Waals surface area contributed by atoms with Crippen LogP contribution in [0.3, 0.4) is 0 Å². The van der Waals surface area contributed by atoms with E-state index < -0.39 is 0 Å². The topological polar surface area (TPSA) is 64.4 Å². The van der Waals surface area contributed by atoms with Crippen molar-refractivity contribution in [2.24, 2.45) is 0 Å². The third-order valence-corrected chi connectivity index (χ3v) is 2.74. The summed E-state index contributed by atoms with van der Waals surface area (Å²) in [5, 5.41) is 8.95. The molecule has 0 spiro atoms. The van der Waals surface area contributed by atoms with Crippen LogP contribution < -0.4 is 14.2 Å². The van der Waals surface area contributed by atoms with Gasteiger partial charge < -0.3 is 14.2 Å². The van der Waals surface area contributed by atoms with Crippen LogP contribution in [0, 0.1) is 11.3 Å². The molecule has 0 aliphatic carbocycles. The molecule has 0 fully saturated rings. The maximum absolute atomic E-state index is 8.95. The predicted octanol–water partition coefficient (Wildman–Crippen LogP) is 2.26. The molecule has 19 heavy (non-hydrogen) atoms. The van der Waals surface area contributed by atoms with Crippen LogP contribution in [0.25, 0.3) is 0 Å². The molecular weight excluding hydrogens is 244 g/mol. The van der Waals surface area contributed by atoms with Gasteiger partial charge in [-0.2, -0.15) is 5.26 Å². The Kier molecular flexibility index (Phi) is 2.91. The molecule has 0 atom stereocenters. The summed E-state index contributed by atoms with van der Waals surface area (Å²) in [4.78, 5) is 3.94. The van der Waals surface area contributed by atoms with Gasteiger partial charge in [0.05, 0.1) is 11.8 Å². The molecule has 0 radical (unpaired) electrons. The molecule has 0 unspecified atom stereocenters. The second kappa shape index (κ2) is 4.86. The molecule has 1 aliphatic heterocycles. The van der Waals surface area contributed by atoms with Crippen molar-refractivity contribution < 1.29 is 14.2 Å². The molecule has 1 aliphatic rings. The largest absolute Gasteiger partial charge is 0.486 e. The first kappa shape index (κ1) is 11.4.